The van der Waals surface area contributed by atoms with Gasteiger partial charge in [0.25, 0.3) is 10.0 Å². The Morgan fingerprint density at radius 2 is 1.40 bits per heavy atom. The van der Waals surface area contributed by atoms with Gasteiger partial charge in [-0.25, -0.2) is 8.42 Å². The van der Waals surface area contributed by atoms with Crippen LogP contribution in [0, 0.1) is 5.92 Å². The third-order valence-electron chi connectivity index (χ3n) is 6.97. The SMILES string of the molecule is CC(C)CNC(=O)[C@H](Cc1ccccc1)N(Cc1ccc(Br)cc1)C(=O)CN(c1cc(Cl)cc(Cl)c1)S(=O)(=O)c1ccccc1. The van der Waals surface area contributed by atoms with Crippen LogP contribution in [-0.2, 0) is 32.6 Å². The average Bonchev–Trinajstić information content (AvgIpc) is 3.01. The first-order valence-electron chi connectivity index (χ1n) is 14.3. The number of halogens is 3. The van der Waals surface area contributed by atoms with Gasteiger partial charge in [0.1, 0.15) is 12.6 Å². The smallest absolute Gasteiger partial charge is 0.264 e. The summed E-state index contributed by atoms with van der Waals surface area (Å²) in [6, 6.07) is 28.1. The fraction of sp³-hybridized carbons (Fsp3) is 0.235. The normalized spacial score (nSPS) is 12.0. The first kappa shape index (κ1) is 34.5. The molecule has 45 heavy (non-hydrogen) atoms. The molecule has 0 radical (unpaired) electrons. The minimum Gasteiger partial charge on any atom is -0.354 e. The van der Waals surface area contributed by atoms with Crippen LogP contribution in [0.1, 0.15) is 25.0 Å². The van der Waals surface area contributed by atoms with Gasteiger partial charge in [-0.1, -0.05) is 114 Å². The molecule has 4 aromatic carbocycles. The number of carbonyl (C=O) groups excluding carboxylic acids is 2. The van der Waals surface area contributed by atoms with E-state index in [0.717, 1.165) is 19.9 Å². The van der Waals surface area contributed by atoms with Crippen LogP contribution in [-0.4, -0.2) is 44.3 Å². The van der Waals surface area contributed by atoms with Crippen molar-refractivity contribution in [2.24, 2.45) is 5.92 Å². The number of nitrogens with zero attached hydrogens (tertiary/aromatic N) is 2. The van der Waals surface area contributed by atoms with E-state index in [9.17, 15) is 18.0 Å². The number of benzene rings is 4. The van der Waals surface area contributed by atoms with E-state index in [-0.39, 0.29) is 45.4 Å². The second kappa shape index (κ2) is 15.8. The number of rotatable bonds is 13. The van der Waals surface area contributed by atoms with Crippen LogP contribution >= 0.6 is 39.1 Å². The molecule has 0 heterocycles. The average molecular weight is 732 g/mol. The van der Waals surface area contributed by atoms with E-state index in [0.29, 0.717) is 6.54 Å². The maximum Gasteiger partial charge on any atom is 0.264 e. The minimum absolute atomic E-state index is 0.0103. The monoisotopic (exact) mass is 729 g/mol. The molecule has 11 heteroatoms. The van der Waals surface area contributed by atoms with E-state index in [2.05, 4.69) is 21.2 Å². The summed E-state index contributed by atoms with van der Waals surface area (Å²) in [6.45, 7) is 3.85. The predicted molar refractivity (Wildman–Crippen MR) is 184 cm³/mol. The number of nitrogens with one attached hydrogen (secondary N) is 1. The maximum absolute atomic E-state index is 14.5. The Bertz CT molecular complexity index is 1690. The third kappa shape index (κ3) is 9.56. The standard InChI is InChI=1S/C34H34BrCl2N3O4S/c1-24(2)21-38-34(42)32(17-25-9-5-3-6-10-25)39(22-26-13-15-27(35)16-14-26)33(41)23-40(30-19-28(36)18-29(37)20-30)45(43,44)31-11-7-4-8-12-31/h3-16,18-20,24,32H,17,21-23H2,1-2H3,(H,38,42)/t32-/m0/s1. The van der Waals surface area contributed by atoms with Crippen molar-refractivity contribution in [1.29, 1.82) is 0 Å². The Kier molecular flexibility index (Phi) is 12.1. The molecule has 1 atom stereocenters. The van der Waals surface area contributed by atoms with E-state index in [1.807, 2.05) is 68.4 Å². The van der Waals surface area contributed by atoms with Crippen molar-refractivity contribution < 1.29 is 18.0 Å². The molecule has 4 aromatic rings. The molecule has 0 unspecified atom stereocenters. The van der Waals surface area contributed by atoms with Crippen LogP contribution in [0.4, 0.5) is 5.69 Å². The number of hydrogen-bond acceptors (Lipinski definition) is 4. The number of carbonyl (C=O) groups is 2. The summed E-state index contributed by atoms with van der Waals surface area (Å²) in [4.78, 5) is 29.8. The quantitative estimate of drug-likeness (QED) is 0.156. The summed E-state index contributed by atoms with van der Waals surface area (Å²) in [5.74, 6) is -0.725. The van der Waals surface area contributed by atoms with Gasteiger partial charge in [0, 0.05) is 34.0 Å². The lowest BCUT2D eigenvalue weighted by Gasteiger charge is -2.34. The molecule has 0 aromatic heterocycles. The first-order chi connectivity index (χ1) is 21.4. The second-order valence-corrected chi connectivity index (χ2v) is 14.6. The Hall–Kier alpha value is -3.37. The van der Waals surface area contributed by atoms with E-state index < -0.39 is 28.5 Å². The summed E-state index contributed by atoms with van der Waals surface area (Å²) in [7, 11) is -4.26. The first-order valence-corrected chi connectivity index (χ1v) is 17.3. The summed E-state index contributed by atoms with van der Waals surface area (Å²) in [5, 5.41) is 3.40. The van der Waals surface area contributed by atoms with Gasteiger partial charge in [-0.3, -0.25) is 13.9 Å². The molecule has 7 nitrogen and oxygen atoms in total. The second-order valence-electron chi connectivity index (χ2n) is 10.9. The summed E-state index contributed by atoms with van der Waals surface area (Å²) in [6.07, 6.45) is 0.224. The molecule has 0 aliphatic carbocycles. The molecular formula is C34H34BrCl2N3O4S. The highest BCUT2D eigenvalue weighted by Crippen LogP contribution is 2.30. The van der Waals surface area contributed by atoms with Crippen molar-refractivity contribution in [2.45, 2.75) is 37.8 Å². The predicted octanol–water partition coefficient (Wildman–Crippen LogP) is 7.36. The van der Waals surface area contributed by atoms with Gasteiger partial charge in [-0.2, -0.15) is 0 Å². The molecule has 0 spiro atoms. The molecule has 236 valence electrons. The van der Waals surface area contributed by atoms with E-state index in [1.54, 1.807) is 18.2 Å². The van der Waals surface area contributed by atoms with Gasteiger partial charge >= 0.3 is 0 Å². The number of hydrogen-bond donors (Lipinski definition) is 1. The van der Waals surface area contributed by atoms with Crippen LogP contribution in [0.2, 0.25) is 10.0 Å². The van der Waals surface area contributed by atoms with E-state index in [1.165, 1.54) is 35.2 Å². The molecule has 2 amide bonds. The highest BCUT2D eigenvalue weighted by atomic mass is 79.9. The minimum atomic E-state index is -4.26. The molecule has 1 N–H and O–H groups in total. The van der Waals surface area contributed by atoms with E-state index >= 15 is 0 Å². The Morgan fingerprint density at radius 1 is 0.822 bits per heavy atom. The largest absolute Gasteiger partial charge is 0.354 e. The van der Waals surface area contributed by atoms with Crippen molar-refractivity contribution in [2.75, 3.05) is 17.4 Å². The zero-order valence-electron chi connectivity index (χ0n) is 24.9. The molecule has 0 saturated carbocycles. The van der Waals surface area contributed by atoms with Gasteiger partial charge in [0.05, 0.1) is 10.6 Å². The summed E-state index contributed by atoms with van der Waals surface area (Å²) >= 11 is 16.0. The van der Waals surface area contributed by atoms with Gasteiger partial charge in [-0.05, 0) is 59.5 Å². The van der Waals surface area contributed by atoms with Crippen LogP contribution < -0.4 is 9.62 Å². The van der Waals surface area contributed by atoms with Gasteiger partial charge < -0.3 is 10.2 Å². The maximum atomic E-state index is 14.5. The molecule has 4 rings (SSSR count). The summed E-state index contributed by atoms with van der Waals surface area (Å²) < 4.78 is 30.0. The molecular weight excluding hydrogens is 697 g/mol. The van der Waals surface area contributed by atoms with Gasteiger partial charge in [0.15, 0.2) is 0 Å². The van der Waals surface area contributed by atoms with E-state index in [4.69, 9.17) is 23.2 Å². The molecule has 0 bridgehead atoms. The molecule has 0 saturated heterocycles. The van der Waals surface area contributed by atoms with Crippen molar-refractivity contribution >= 4 is 66.7 Å². The Labute approximate surface area is 283 Å². The zero-order valence-corrected chi connectivity index (χ0v) is 28.8. The number of sulfonamides is 1. The molecule has 0 aliphatic heterocycles. The van der Waals surface area contributed by atoms with Crippen molar-refractivity contribution in [3.05, 3.63) is 129 Å². The van der Waals surface area contributed by atoms with Crippen LogP contribution in [0.25, 0.3) is 0 Å². The number of amides is 2. The lowest BCUT2D eigenvalue weighted by molar-refractivity contribution is -0.140. The molecule has 0 fully saturated rings. The lowest BCUT2D eigenvalue weighted by atomic mass is 10.0. The highest BCUT2D eigenvalue weighted by Gasteiger charge is 2.34. The van der Waals surface area contributed by atoms with Crippen LogP contribution in [0.15, 0.2) is 112 Å². The summed E-state index contributed by atoms with van der Waals surface area (Å²) in [5.41, 5.74) is 1.74. The lowest BCUT2D eigenvalue weighted by Crippen LogP contribution is -2.53. The highest BCUT2D eigenvalue weighted by molar-refractivity contribution is 9.10. The van der Waals surface area contributed by atoms with Crippen LogP contribution in [0.3, 0.4) is 0 Å². The van der Waals surface area contributed by atoms with Gasteiger partial charge in [-0.15, -0.1) is 0 Å². The molecule has 0 aliphatic rings. The van der Waals surface area contributed by atoms with Gasteiger partial charge in [0.2, 0.25) is 11.8 Å². The Balaban J connectivity index is 1.81. The van der Waals surface area contributed by atoms with Crippen molar-refractivity contribution in [3.63, 3.8) is 0 Å². The van der Waals surface area contributed by atoms with Crippen molar-refractivity contribution in [1.82, 2.24) is 10.2 Å². The fourth-order valence-corrected chi connectivity index (χ4v) is 6.89. The topological polar surface area (TPSA) is 86.8 Å². The van der Waals surface area contributed by atoms with Crippen LogP contribution in [0.5, 0.6) is 0 Å². The zero-order chi connectivity index (χ0) is 32.6. The number of anilines is 1. The Morgan fingerprint density at radius 3 is 1.98 bits per heavy atom. The van der Waals surface area contributed by atoms with Crippen molar-refractivity contribution in [3.8, 4) is 0 Å². The third-order valence-corrected chi connectivity index (χ3v) is 9.72. The fourth-order valence-electron chi connectivity index (χ4n) is 4.69.